The standard InChI is InChI=1S/FH2O3P.2Li.V/c1-5(2,3)4;;;/h(H2,2,3,4);;;/q;2*+1;+5/p-2. The summed E-state index contributed by atoms with van der Waals surface area (Å²) in [5.41, 5.74) is 0. The third kappa shape index (κ3) is 107. The zero-order valence-corrected chi connectivity index (χ0v) is 6.79. The Balaban J connectivity index is -0.0000000267. The van der Waals surface area contributed by atoms with Crippen LogP contribution >= 0.6 is 7.91 Å². The minimum atomic E-state index is -5.64. The summed E-state index contributed by atoms with van der Waals surface area (Å²) in [6.07, 6.45) is 0. The van der Waals surface area contributed by atoms with E-state index in [4.69, 9.17) is 14.4 Å². The van der Waals surface area contributed by atoms with E-state index < -0.39 is 7.91 Å². The molecule has 32 valence electrons. The van der Waals surface area contributed by atoms with E-state index in [0.29, 0.717) is 0 Å². The molecule has 0 aromatic heterocycles. The predicted octanol–water partition coefficient (Wildman–Crippen LogP) is -7.21. The van der Waals surface area contributed by atoms with Crippen molar-refractivity contribution in [1.29, 1.82) is 0 Å². The quantitative estimate of drug-likeness (QED) is 0.263. The molecule has 0 atom stereocenters. The fourth-order valence-electron chi connectivity index (χ4n) is 0. The molecule has 0 N–H and O–H groups in total. The van der Waals surface area contributed by atoms with E-state index in [0.717, 1.165) is 0 Å². The maximum atomic E-state index is 10.1. The normalized spacial score (nSPS) is 7.38. The van der Waals surface area contributed by atoms with Gasteiger partial charge >= 0.3 is 56.3 Å². The van der Waals surface area contributed by atoms with E-state index in [1.54, 1.807) is 0 Å². The average Bonchev–Trinajstić information content (AvgIpc) is 0.722. The molecule has 0 fully saturated rings. The van der Waals surface area contributed by atoms with Crippen molar-refractivity contribution in [3.05, 3.63) is 0 Å². The van der Waals surface area contributed by atoms with Gasteiger partial charge in [0.15, 0.2) is 0 Å². The summed E-state index contributed by atoms with van der Waals surface area (Å²) in [5.74, 6) is 0. The molecule has 8 heavy (non-hydrogen) atoms. The van der Waals surface area contributed by atoms with Gasteiger partial charge in [-0.25, -0.2) is 4.20 Å². The average molecular weight is 163 g/mol. The van der Waals surface area contributed by atoms with Gasteiger partial charge in [0, 0.05) is 0 Å². The zero-order chi connectivity index (χ0) is 4.50. The molecule has 0 bridgehead atoms. The van der Waals surface area contributed by atoms with E-state index in [9.17, 15) is 4.20 Å². The van der Waals surface area contributed by atoms with Gasteiger partial charge in [-0.15, -0.1) is 0 Å². The van der Waals surface area contributed by atoms with Crippen molar-refractivity contribution in [2.24, 2.45) is 0 Å². The summed E-state index contributed by atoms with van der Waals surface area (Å²) in [6, 6.07) is 0. The molecule has 0 saturated carbocycles. The summed E-state index contributed by atoms with van der Waals surface area (Å²) < 4.78 is 18.6. The Bertz CT molecular complexity index is 63.4. The first-order valence-corrected chi connectivity index (χ1v) is 2.15. The summed E-state index contributed by atoms with van der Waals surface area (Å²) in [7, 11) is -5.64. The van der Waals surface area contributed by atoms with Crippen LogP contribution in [0.2, 0.25) is 0 Å². The Morgan fingerprint density at radius 2 is 1.25 bits per heavy atom. The fourth-order valence-corrected chi connectivity index (χ4v) is 0. The van der Waals surface area contributed by atoms with Gasteiger partial charge in [-0.2, -0.15) is 0 Å². The molecule has 0 amide bonds. The predicted molar refractivity (Wildman–Crippen MR) is 8.71 cm³/mol. The summed E-state index contributed by atoms with van der Waals surface area (Å²) in [5, 5.41) is 0. The van der Waals surface area contributed by atoms with Crippen LogP contribution < -0.4 is 47.5 Å². The van der Waals surface area contributed by atoms with E-state index in [1.165, 1.54) is 0 Å². The first kappa shape index (κ1) is 22.5. The van der Waals surface area contributed by atoms with E-state index in [-0.39, 0.29) is 56.3 Å². The van der Waals surface area contributed by atoms with Gasteiger partial charge in [-0.1, -0.05) is 0 Å². The van der Waals surface area contributed by atoms with Crippen LogP contribution in [0.4, 0.5) is 4.20 Å². The fraction of sp³-hybridized carbons (Fsp3) is 0. The van der Waals surface area contributed by atoms with Crippen molar-refractivity contribution >= 4 is 7.91 Å². The molecule has 3 nitrogen and oxygen atoms in total. The van der Waals surface area contributed by atoms with Crippen molar-refractivity contribution in [3.63, 3.8) is 0 Å². The molecule has 0 aliphatic rings. The topological polar surface area (TPSA) is 63.2 Å². The second-order valence-corrected chi connectivity index (χ2v) is 1.29. The van der Waals surface area contributed by atoms with Crippen LogP contribution in [0.25, 0.3) is 0 Å². The van der Waals surface area contributed by atoms with Crippen molar-refractivity contribution in [3.8, 4) is 0 Å². The number of hydrogen-bond acceptors (Lipinski definition) is 3. The molecule has 0 saturated heterocycles. The molecule has 0 aromatic carbocycles. The molecule has 0 rings (SSSR count). The molecule has 8 heteroatoms. The molecule has 0 spiro atoms. The van der Waals surface area contributed by atoms with Crippen molar-refractivity contribution in [1.82, 2.24) is 0 Å². The minimum Gasteiger partial charge on any atom is -0.786 e. The molecule has 0 aliphatic carbocycles. The van der Waals surface area contributed by atoms with Crippen molar-refractivity contribution < 1.29 is 74.8 Å². The molecule has 0 radical (unpaired) electrons. The Kier molecular flexibility index (Phi) is 25.0. The largest absolute Gasteiger partial charge is 5.00 e. The molecule has 0 heterocycles. The molecule has 0 aliphatic heterocycles. The second-order valence-electron chi connectivity index (χ2n) is 0.431. The van der Waals surface area contributed by atoms with Crippen LogP contribution in [0.15, 0.2) is 0 Å². The van der Waals surface area contributed by atoms with Gasteiger partial charge in [-0.3, -0.25) is 0 Å². The first-order valence-electron chi connectivity index (χ1n) is 0.717. The van der Waals surface area contributed by atoms with Crippen molar-refractivity contribution in [2.45, 2.75) is 0 Å². The van der Waals surface area contributed by atoms with Gasteiger partial charge < -0.3 is 14.4 Å². The minimum absolute atomic E-state index is 0. The van der Waals surface area contributed by atoms with Crippen molar-refractivity contribution in [2.75, 3.05) is 0 Å². The van der Waals surface area contributed by atoms with Gasteiger partial charge in [0.05, 0.1) is 0 Å². The van der Waals surface area contributed by atoms with Crippen LogP contribution in [-0.4, -0.2) is 0 Å². The number of rotatable bonds is 0. The van der Waals surface area contributed by atoms with Gasteiger partial charge in [-0.05, 0) is 0 Å². The smallest absolute Gasteiger partial charge is 0.786 e. The molecular weight excluding hydrogens is 163 g/mol. The van der Waals surface area contributed by atoms with Crippen LogP contribution in [0.3, 0.4) is 0 Å². The third-order valence-corrected chi connectivity index (χ3v) is 0. The Labute approximate surface area is 82.3 Å². The van der Waals surface area contributed by atoms with E-state index in [2.05, 4.69) is 0 Å². The monoisotopic (exact) mass is 163 g/mol. The molecular formula is FLi2O3PV+5. The van der Waals surface area contributed by atoms with E-state index in [1.807, 2.05) is 0 Å². The maximum absolute atomic E-state index is 10.1. The SMILES string of the molecule is O=P([O-])([O-])F.[Li+].[Li+].[V+5]. The Morgan fingerprint density at radius 1 is 1.25 bits per heavy atom. The van der Waals surface area contributed by atoms with E-state index >= 15 is 0 Å². The molecule has 0 unspecified atom stereocenters. The van der Waals surface area contributed by atoms with Gasteiger partial charge in [0.25, 0.3) is 0 Å². The summed E-state index contributed by atoms with van der Waals surface area (Å²) in [4.78, 5) is 16.9. The Hall–Kier alpha value is 1.86. The second kappa shape index (κ2) is 8.86. The first-order chi connectivity index (χ1) is 2.00. The van der Waals surface area contributed by atoms with Crippen LogP contribution in [0, 0.1) is 0 Å². The summed E-state index contributed by atoms with van der Waals surface area (Å²) in [6.45, 7) is 0. The van der Waals surface area contributed by atoms with Crippen LogP contribution in [-0.2, 0) is 23.1 Å². The van der Waals surface area contributed by atoms with Gasteiger partial charge in [0.2, 0.25) is 0 Å². The number of hydrogen-bond donors (Lipinski definition) is 0. The van der Waals surface area contributed by atoms with Crippen LogP contribution in [0.1, 0.15) is 0 Å². The summed E-state index contributed by atoms with van der Waals surface area (Å²) >= 11 is 0. The van der Waals surface area contributed by atoms with Gasteiger partial charge in [0.1, 0.15) is 7.91 Å². The van der Waals surface area contributed by atoms with Crippen LogP contribution in [0.5, 0.6) is 0 Å². The zero-order valence-electron chi connectivity index (χ0n) is 4.50. The maximum Gasteiger partial charge on any atom is 5.00 e. The number of halogens is 1. The third-order valence-electron chi connectivity index (χ3n) is 0. The Morgan fingerprint density at radius 3 is 1.25 bits per heavy atom. The molecule has 0 aromatic rings.